The van der Waals surface area contributed by atoms with Crippen molar-refractivity contribution in [1.29, 1.82) is 0 Å². The van der Waals surface area contributed by atoms with Gasteiger partial charge in [0.2, 0.25) is 0 Å². The van der Waals surface area contributed by atoms with E-state index in [-0.39, 0.29) is 5.91 Å². The van der Waals surface area contributed by atoms with Gasteiger partial charge in [-0.25, -0.2) is 0 Å². The molecule has 21 heavy (non-hydrogen) atoms. The zero-order valence-electron chi connectivity index (χ0n) is 12.1. The Kier molecular flexibility index (Phi) is 5.24. The van der Waals surface area contributed by atoms with Gasteiger partial charge in [0.15, 0.2) is 0 Å². The second-order valence-electron chi connectivity index (χ2n) is 5.53. The maximum atomic E-state index is 12.1. The van der Waals surface area contributed by atoms with E-state index in [9.17, 15) is 4.79 Å². The zero-order chi connectivity index (χ0) is 14.5. The predicted molar refractivity (Wildman–Crippen MR) is 81.8 cm³/mol. The molecule has 5 nitrogen and oxygen atoms in total. The Hall–Kier alpha value is -0.950. The van der Waals surface area contributed by atoms with Crippen LogP contribution in [0.15, 0.2) is 17.5 Å². The highest BCUT2D eigenvalue weighted by molar-refractivity contribution is 7.12. The van der Waals surface area contributed by atoms with Crippen molar-refractivity contribution in [2.24, 2.45) is 5.92 Å². The summed E-state index contributed by atoms with van der Waals surface area (Å²) in [7, 11) is 0. The number of hydrogen-bond donors (Lipinski definition) is 1. The van der Waals surface area contributed by atoms with Gasteiger partial charge >= 0.3 is 0 Å². The molecule has 1 aromatic rings. The van der Waals surface area contributed by atoms with Crippen molar-refractivity contribution in [3.8, 4) is 0 Å². The molecule has 2 aliphatic rings. The second-order valence-corrected chi connectivity index (χ2v) is 6.47. The zero-order valence-corrected chi connectivity index (χ0v) is 12.9. The van der Waals surface area contributed by atoms with Crippen LogP contribution in [-0.2, 0) is 9.47 Å². The summed E-state index contributed by atoms with van der Waals surface area (Å²) >= 11 is 1.48. The summed E-state index contributed by atoms with van der Waals surface area (Å²) in [5.74, 6) is 0.536. The minimum atomic E-state index is 0.0298. The van der Waals surface area contributed by atoms with Gasteiger partial charge in [-0.15, -0.1) is 11.3 Å². The molecule has 2 fully saturated rings. The summed E-state index contributed by atoms with van der Waals surface area (Å²) in [6.45, 7) is 5.77. The van der Waals surface area contributed by atoms with E-state index in [4.69, 9.17) is 9.47 Å². The van der Waals surface area contributed by atoms with Gasteiger partial charge in [0.25, 0.3) is 5.91 Å². The van der Waals surface area contributed by atoms with Crippen molar-refractivity contribution in [2.75, 3.05) is 46.1 Å². The molecule has 2 aliphatic heterocycles. The van der Waals surface area contributed by atoms with E-state index < -0.39 is 0 Å². The number of amides is 1. The first-order valence-electron chi connectivity index (χ1n) is 7.56. The smallest absolute Gasteiger partial charge is 0.261 e. The molecule has 2 saturated heterocycles. The van der Waals surface area contributed by atoms with Crippen LogP contribution in [0.25, 0.3) is 0 Å². The molecule has 0 saturated carbocycles. The van der Waals surface area contributed by atoms with Crippen LogP contribution in [0, 0.1) is 5.92 Å². The lowest BCUT2D eigenvalue weighted by molar-refractivity contribution is 0.00167. The highest BCUT2D eigenvalue weighted by Crippen LogP contribution is 2.22. The van der Waals surface area contributed by atoms with Gasteiger partial charge < -0.3 is 14.8 Å². The molecule has 116 valence electrons. The fraction of sp³-hybridized carbons (Fsp3) is 0.667. The topological polar surface area (TPSA) is 50.8 Å². The number of morpholine rings is 1. The van der Waals surface area contributed by atoms with Crippen LogP contribution in [0.4, 0.5) is 0 Å². The number of carbonyl (C=O) groups excluding carboxylic acids is 1. The Labute approximate surface area is 129 Å². The third-order valence-electron chi connectivity index (χ3n) is 4.24. The minimum absolute atomic E-state index is 0.0298. The van der Waals surface area contributed by atoms with Gasteiger partial charge in [-0.3, -0.25) is 9.69 Å². The lowest BCUT2D eigenvalue weighted by Crippen LogP contribution is -2.52. The summed E-state index contributed by atoms with van der Waals surface area (Å²) in [5.41, 5.74) is 0. The van der Waals surface area contributed by atoms with E-state index in [0.29, 0.717) is 18.5 Å². The molecule has 3 heterocycles. The molecule has 3 rings (SSSR count). The van der Waals surface area contributed by atoms with Crippen molar-refractivity contribution < 1.29 is 14.3 Å². The molecule has 2 atom stereocenters. The molecule has 1 amide bonds. The van der Waals surface area contributed by atoms with Crippen molar-refractivity contribution in [3.05, 3.63) is 22.4 Å². The van der Waals surface area contributed by atoms with Gasteiger partial charge in [-0.05, 0) is 17.9 Å². The van der Waals surface area contributed by atoms with Gasteiger partial charge in [0.1, 0.15) is 0 Å². The first-order valence-corrected chi connectivity index (χ1v) is 8.44. The summed E-state index contributed by atoms with van der Waals surface area (Å²) < 4.78 is 11.0. The SMILES string of the molecule is O=C(NC[C@H]([C@H]1CCOC1)N1CCOCC1)c1cccs1. The number of ether oxygens (including phenoxy) is 2. The number of carbonyl (C=O) groups is 1. The van der Waals surface area contributed by atoms with E-state index in [1.54, 1.807) is 0 Å². The second kappa shape index (κ2) is 7.35. The average Bonchev–Trinajstić information content (AvgIpc) is 3.22. The Bertz CT molecular complexity index is 440. The lowest BCUT2D eigenvalue weighted by atomic mass is 9.97. The third kappa shape index (κ3) is 3.83. The molecule has 0 spiro atoms. The first kappa shape index (κ1) is 15.0. The number of thiophene rings is 1. The van der Waals surface area contributed by atoms with Crippen LogP contribution in [0.3, 0.4) is 0 Å². The van der Waals surface area contributed by atoms with E-state index in [2.05, 4.69) is 10.2 Å². The van der Waals surface area contributed by atoms with Crippen LogP contribution >= 0.6 is 11.3 Å². The average molecular weight is 310 g/mol. The fourth-order valence-electron chi connectivity index (χ4n) is 3.05. The van der Waals surface area contributed by atoms with E-state index in [1.807, 2.05) is 17.5 Å². The standard InChI is InChI=1S/C15H22N2O3S/c18-15(14-2-1-9-21-14)16-10-13(12-3-6-20-11-12)17-4-7-19-8-5-17/h1-2,9,12-13H,3-8,10-11H2,(H,16,18)/t12-,13+/m0/s1. The van der Waals surface area contributed by atoms with E-state index >= 15 is 0 Å². The third-order valence-corrected chi connectivity index (χ3v) is 5.11. The van der Waals surface area contributed by atoms with E-state index in [0.717, 1.165) is 50.8 Å². The summed E-state index contributed by atoms with van der Waals surface area (Å²) in [4.78, 5) is 15.4. The molecule has 1 N–H and O–H groups in total. The highest BCUT2D eigenvalue weighted by Gasteiger charge is 2.31. The molecule has 6 heteroatoms. The molecular weight excluding hydrogens is 288 g/mol. The quantitative estimate of drug-likeness (QED) is 0.888. The largest absolute Gasteiger partial charge is 0.381 e. The number of nitrogens with one attached hydrogen (secondary N) is 1. The molecule has 0 unspecified atom stereocenters. The lowest BCUT2D eigenvalue weighted by Gasteiger charge is -2.37. The Balaban J connectivity index is 1.59. The van der Waals surface area contributed by atoms with Gasteiger partial charge in [-0.2, -0.15) is 0 Å². The van der Waals surface area contributed by atoms with E-state index in [1.165, 1.54) is 11.3 Å². The summed E-state index contributed by atoms with van der Waals surface area (Å²) in [5, 5.41) is 5.02. The predicted octanol–water partition coefficient (Wildman–Crippen LogP) is 1.22. The summed E-state index contributed by atoms with van der Waals surface area (Å²) in [6.07, 6.45) is 1.08. The number of rotatable bonds is 5. The minimum Gasteiger partial charge on any atom is -0.381 e. The van der Waals surface area contributed by atoms with Crippen LogP contribution in [0.5, 0.6) is 0 Å². The Morgan fingerprint density at radius 3 is 2.90 bits per heavy atom. The van der Waals surface area contributed by atoms with Gasteiger partial charge in [-0.1, -0.05) is 6.07 Å². The van der Waals surface area contributed by atoms with Crippen molar-refractivity contribution in [2.45, 2.75) is 12.5 Å². The first-order chi connectivity index (χ1) is 10.3. The van der Waals surface area contributed by atoms with Gasteiger partial charge in [0, 0.05) is 38.2 Å². The van der Waals surface area contributed by atoms with Crippen LogP contribution in [-0.4, -0.2) is 62.9 Å². The van der Waals surface area contributed by atoms with Crippen LogP contribution in [0.1, 0.15) is 16.1 Å². The molecule has 0 aromatic carbocycles. The highest BCUT2D eigenvalue weighted by atomic mass is 32.1. The molecule has 1 aromatic heterocycles. The molecule has 0 bridgehead atoms. The van der Waals surface area contributed by atoms with Gasteiger partial charge in [0.05, 0.1) is 24.7 Å². The molecule has 0 aliphatic carbocycles. The summed E-state index contributed by atoms with van der Waals surface area (Å²) in [6, 6.07) is 4.12. The molecule has 0 radical (unpaired) electrons. The molecular formula is C15H22N2O3S. The van der Waals surface area contributed by atoms with Crippen molar-refractivity contribution >= 4 is 17.2 Å². The maximum Gasteiger partial charge on any atom is 0.261 e. The van der Waals surface area contributed by atoms with Crippen molar-refractivity contribution in [3.63, 3.8) is 0 Å². The monoisotopic (exact) mass is 310 g/mol. The number of hydrogen-bond acceptors (Lipinski definition) is 5. The van der Waals surface area contributed by atoms with Crippen LogP contribution in [0.2, 0.25) is 0 Å². The Morgan fingerprint density at radius 2 is 2.24 bits per heavy atom. The normalized spacial score (nSPS) is 24.9. The Morgan fingerprint density at radius 1 is 1.38 bits per heavy atom. The fourth-order valence-corrected chi connectivity index (χ4v) is 3.69. The number of nitrogens with zero attached hydrogens (tertiary/aromatic N) is 1. The van der Waals surface area contributed by atoms with Crippen molar-refractivity contribution in [1.82, 2.24) is 10.2 Å². The van der Waals surface area contributed by atoms with Crippen LogP contribution < -0.4 is 5.32 Å². The maximum absolute atomic E-state index is 12.1.